The number of hydrogen-bond acceptors (Lipinski definition) is 13. The topological polar surface area (TPSA) is 225 Å². The number of aliphatic hydroxyl groups excluding tert-OH is 7. The number of carboxylic acid groups (broad SMARTS) is 1. The van der Waals surface area contributed by atoms with Gasteiger partial charge in [-0.1, -0.05) is 18.6 Å². The molecule has 0 aromatic heterocycles. The molecule has 0 bridgehead atoms. The van der Waals surface area contributed by atoms with Crippen molar-refractivity contribution in [3.63, 3.8) is 0 Å². The molecule has 2 saturated heterocycles. The Balaban J connectivity index is 2.29. The number of ether oxygens (including phenoxy) is 5. The van der Waals surface area contributed by atoms with Gasteiger partial charge in [0.2, 0.25) is 0 Å². The van der Waals surface area contributed by atoms with Gasteiger partial charge in [-0.15, -0.1) is 0 Å². The van der Waals surface area contributed by atoms with E-state index in [4.69, 9.17) is 28.8 Å². The van der Waals surface area contributed by atoms with E-state index >= 15 is 0 Å². The van der Waals surface area contributed by atoms with Crippen LogP contribution < -0.4 is 0 Å². The first-order valence-corrected chi connectivity index (χ1v) is 12.1. The van der Waals surface area contributed by atoms with Crippen LogP contribution in [0.25, 0.3) is 0 Å². The highest BCUT2D eigenvalue weighted by Gasteiger charge is 2.51. The van der Waals surface area contributed by atoms with E-state index in [1.165, 1.54) is 13.8 Å². The van der Waals surface area contributed by atoms with E-state index in [0.717, 1.165) is 12.0 Å². The number of aliphatic carboxylic acids is 1. The molecule has 0 aromatic rings. The predicted octanol–water partition coefficient (Wildman–Crippen LogP) is -2.07. The Hall–Kier alpha value is -1.27. The molecule has 0 saturated carbocycles. The lowest BCUT2D eigenvalue weighted by atomic mass is 9.93. The first-order chi connectivity index (χ1) is 17.2. The maximum absolute atomic E-state index is 11.5. The molecule has 0 aromatic carbocycles. The Morgan fingerprint density at radius 1 is 0.919 bits per heavy atom. The molecule has 2 aliphatic rings. The van der Waals surface area contributed by atoms with E-state index in [-0.39, 0.29) is 6.42 Å². The summed E-state index contributed by atoms with van der Waals surface area (Å²) in [4.78, 5) is 11.5. The number of carboxylic acids is 1. The van der Waals surface area contributed by atoms with Crippen molar-refractivity contribution >= 4 is 5.97 Å². The van der Waals surface area contributed by atoms with Crippen molar-refractivity contribution in [3.8, 4) is 0 Å². The third kappa shape index (κ3) is 7.88. The van der Waals surface area contributed by atoms with Crippen LogP contribution in [-0.4, -0.2) is 127 Å². The van der Waals surface area contributed by atoms with E-state index in [2.05, 4.69) is 0 Å². The Kier molecular flexibility index (Phi) is 11.8. The SMILES string of the molecule is CC/C=C(\C)CCC(OC1OC(OCO)C(O)C(O)C1O)C(C)(C)OC1OC(C(=O)O)C(O)C(O)C1O. The summed E-state index contributed by atoms with van der Waals surface area (Å²) in [5.74, 6) is -1.57. The van der Waals surface area contributed by atoms with Crippen molar-refractivity contribution in [1.29, 1.82) is 0 Å². The summed E-state index contributed by atoms with van der Waals surface area (Å²) in [7, 11) is 0. The van der Waals surface area contributed by atoms with Gasteiger partial charge < -0.3 is 64.5 Å². The number of carbonyl (C=O) groups is 1. The highest BCUT2D eigenvalue weighted by molar-refractivity contribution is 5.73. The minimum absolute atomic E-state index is 0.252. The summed E-state index contributed by atoms with van der Waals surface area (Å²) in [6.07, 6.45) is -14.8. The van der Waals surface area contributed by atoms with Gasteiger partial charge in [-0.05, 0) is 40.0 Å². The summed E-state index contributed by atoms with van der Waals surface area (Å²) in [6.45, 7) is 6.08. The molecular formula is C23H40O14. The summed E-state index contributed by atoms with van der Waals surface area (Å²) >= 11 is 0. The van der Waals surface area contributed by atoms with Crippen LogP contribution in [0.4, 0.5) is 0 Å². The lowest BCUT2D eigenvalue weighted by Gasteiger charge is -2.46. The van der Waals surface area contributed by atoms with E-state index in [9.17, 15) is 40.5 Å². The van der Waals surface area contributed by atoms with Crippen LogP contribution in [0.5, 0.6) is 0 Å². The van der Waals surface area contributed by atoms with Crippen molar-refractivity contribution < 1.29 is 69.3 Å². The van der Waals surface area contributed by atoms with Gasteiger partial charge in [0, 0.05) is 0 Å². The standard InChI is InChI=1S/C23H40O14/c1-5-6-10(2)7-8-11(34-21-16(29)13(26)15(28)20(36-21)33-9-24)23(3,4)37-22-17(30)12(25)14(27)18(35-22)19(31)32/h6,11-18,20-22,24-30H,5,7-9H2,1-4H3,(H,31,32)/b10-6+. The molecule has 0 amide bonds. The number of allylic oxidation sites excluding steroid dienone is 2. The zero-order valence-corrected chi connectivity index (χ0v) is 21.3. The zero-order valence-electron chi connectivity index (χ0n) is 21.3. The minimum atomic E-state index is -1.90. The van der Waals surface area contributed by atoms with Crippen LogP contribution in [0.2, 0.25) is 0 Å². The lowest BCUT2D eigenvalue weighted by molar-refractivity contribution is -0.379. The Morgan fingerprint density at radius 3 is 2.05 bits per heavy atom. The molecule has 2 aliphatic heterocycles. The Morgan fingerprint density at radius 2 is 1.49 bits per heavy atom. The second-order valence-corrected chi connectivity index (χ2v) is 9.72. The predicted molar refractivity (Wildman–Crippen MR) is 122 cm³/mol. The second-order valence-electron chi connectivity index (χ2n) is 9.72. The summed E-state index contributed by atoms with van der Waals surface area (Å²) in [5.41, 5.74) is -0.395. The van der Waals surface area contributed by atoms with Gasteiger partial charge in [-0.2, -0.15) is 0 Å². The van der Waals surface area contributed by atoms with Crippen LogP contribution in [0, 0.1) is 0 Å². The van der Waals surface area contributed by atoms with Crippen LogP contribution in [-0.2, 0) is 28.5 Å². The molecule has 8 N–H and O–H groups in total. The molecule has 2 heterocycles. The van der Waals surface area contributed by atoms with E-state index in [1.807, 2.05) is 19.9 Å². The molecular weight excluding hydrogens is 500 g/mol. The molecule has 2 fully saturated rings. The second kappa shape index (κ2) is 13.7. The summed E-state index contributed by atoms with van der Waals surface area (Å²) < 4.78 is 27.4. The van der Waals surface area contributed by atoms with Gasteiger partial charge in [0.15, 0.2) is 25.0 Å². The summed E-state index contributed by atoms with van der Waals surface area (Å²) in [5, 5.41) is 79.6. The van der Waals surface area contributed by atoms with Crippen molar-refractivity contribution in [2.45, 2.75) is 120 Å². The average molecular weight is 541 g/mol. The first kappa shape index (κ1) is 31.9. The fourth-order valence-electron chi connectivity index (χ4n) is 4.22. The summed E-state index contributed by atoms with van der Waals surface area (Å²) in [6, 6.07) is 0. The molecule has 2 rings (SSSR count). The molecule has 37 heavy (non-hydrogen) atoms. The molecule has 14 nitrogen and oxygen atoms in total. The van der Waals surface area contributed by atoms with Crippen molar-refractivity contribution in [2.24, 2.45) is 0 Å². The Bertz CT molecular complexity index is 760. The molecule has 11 atom stereocenters. The largest absolute Gasteiger partial charge is 0.479 e. The zero-order chi connectivity index (χ0) is 28.1. The molecule has 216 valence electrons. The highest BCUT2D eigenvalue weighted by atomic mass is 16.8. The lowest BCUT2D eigenvalue weighted by Crippen LogP contribution is -2.63. The molecule has 0 aliphatic carbocycles. The third-order valence-corrected chi connectivity index (χ3v) is 6.42. The van der Waals surface area contributed by atoms with E-state index in [1.54, 1.807) is 0 Å². The molecule has 0 spiro atoms. The number of hydrogen-bond donors (Lipinski definition) is 8. The maximum Gasteiger partial charge on any atom is 0.335 e. The molecule has 0 radical (unpaired) electrons. The maximum atomic E-state index is 11.5. The van der Waals surface area contributed by atoms with Gasteiger partial charge >= 0.3 is 5.97 Å². The van der Waals surface area contributed by atoms with Gasteiger partial charge in [0.1, 0.15) is 43.4 Å². The van der Waals surface area contributed by atoms with E-state index in [0.29, 0.717) is 6.42 Å². The monoisotopic (exact) mass is 540 g/mol. The Labute approximate surface area is 214 Å². The van der Waals surface area contributed by atoms with Crippen LogP contribution >= 0.6 is 0 Å². The number of rotatable bonds is 12. The third-order valence-electron chi connectivity index (χ3n) is 6.42. The normalized spacial score (nSPS) is 38.4. The van der Waals surface area contributed by atoms with Crippen molar-refractivity contribution in [1.82, 2.24) is 0 Å². The highest BCUT2D eigenvalue weighted by Crippen LogP contribution is 2.33. The first-order valence-electron chi connectivity index (χ1n) is 12.1. The van der Waals surface area contributed by atoms with E-state index < -0.39 is 86.1 Å². The quantitative estimate of drug-likeness (QED) is 0.0983. The smallest absolute Gasteiger partial charge is 0.335 e. The van der Waals surface area contributed by atoms with Crippen molar-refractivity contribution in [2.75, 3.05) is 6.79 Å². The van der Waals surface area contributed by atoms with Gasteiger partial charge in [0.05, 0.1) is 11.7 Å². The fraction of sp³-hybridized carbons (Fsp3) is 0.870. The van der Waals surface area contributed by atoms with Crippen LogP contribution in [0.1, 0.15) is 47.0 Å². The minimum Gasteiger partial charge on any atom is -0.479 e. The fourth-order valence-corrected chi connectivity index (χ4v) is 4.22. The average Bonchev–Trinajstić information content (AvgIpc) is 2.83. The number of aliphatic hydroxyl groups is 7. The van der Waals surface area contributed by atoms with Crippen LogP contribution in [0.15, 0.2) is 11.6 Å². The molecule has 11 unspecified atom stereocenters. The molecule has 14 heteroatoms. The van der Waals surface area contributed by atoms with Gasteiger partial charge in [-0.25, -0.2) is 4.79 Å². The van der Waals surface area contributed by atoms with Gasteiger partial charge in [-0.3, -0.25) is 0 Å². The van der Waals surface area contributed by atoms with Gasteiger partial charge in [0.25, 0.3) is 0 Å². The van der Waals surface area contributed by atoms with Crippen molar-refractivity contribution in [3.05, 3.63) is 11.6 Å². The van der Waals surface area contributed by atoms with Crippen LogP contribution in [0.3, 0.4) is 0 Å².